The highest BCUT2D eigenvalue weighted by atomic mass is 16.5. The van der Waals surface area contributed by atoms with Gasteiger partial charge in [-0.3, -0.25) is 9.88 Å². The van der Waals surface area contributed by atoms with Crippen LogP contribution in [0.1, 0.15) is 26.5 Å². The molecule has 8 heteroatoms. The van der Waals surface area contributed by atoms with E-state index in [1.165, 1.54) is 12.0 Å². The third kappa shape index (κ3) is 3.21. The summed E-state index contributed by atoms with van der Waals surface area (Å²) in [6, 6.07) is 3.73. The molecule has 0 bridgehead atoms. The molecule has 2 N–H and O–H groups in total. The minimum atomic E-state index is -0.955. The summed E-state index contributed by atoms with van der Waals surface area (Å²) in [5, 5.41) is 13.3. The quantitative estimate of drug-likeness (QED) is 0.854. The van der Waals surface area contributed by atoms with Gasteiger partial charge in [0.1, 0.15) is 5.54 Å². The molecular formula is C19H25N5O3. The van der Waals surface area contributed by atoms with Gasteiger partial charge in [0.25, 0.3) is 0 Å². The number of methoxy groups -OCH3 is 1. The third-order valence-corrected chi connectivity index (χ3v) is 5.14. The molecule has 0 radical (unpaired) electrons. The van der Waals surface area contributed by atoms with Crippen molar-refractivity contribution >= 4 is 6.09 Å². The third-order valence-electron chi connectivity index (χ3n) is 5.14. The summed E-state index contributed by atoms with van der Waals surface area (Å²) >= 11 is 0. The van der Waals surface area contributed by atoms with Gasteiger partial charge in [0.05, 0.1) is 30.9 Å². The van der Waals surface area contributed by atoms with Crippen molar-refractivity contribution in [3.63, 3.8) is 0 Å². The smallest absolute Gasteiger partial charge is 0.408 e. The Morgan fingerprint density at radius 2 is 2.07 bits per heavy atom. The monoisotopic (exact) mass is 371 g/mol. The van der Waals surface area contributed by atoms with E-state index in [0.717, 1.165) is 5.56 Å². The fraction of sp³-hybridized carbons (Fsp3) is 0.474. The van der Waals surface area contributed by atoms with E-state index < -0.39 is 17.0 Å². The molecule has 1 amide bonds. The van der Waals surface area contributed by atoms with Crippen LogP contribution in [0.4, 0.5) is 4.79 Å². The van der Waals surface area contributed by atoms with Crippen LogP contribution in [0.25, 0.3) is 11.3 Å². The molecule has 2 aromatic heterocycles. The molecule has 2 aromatic rings. The number of rotatable bonds is 3. The summed E-state index contributed by atoms with van der Waals surface area (Å²) in [7, 11) is 1.53. The van der Waals surface area contributed by atoms with Crippen LogP contribution in [-0.2, 0) is 5.54 Å². The summed E-state index contributed by atoms with van der Waals surface area (Å²) in [4.78, 5) is 27.0. The van der Waals surface area contributed by atoms with Crippen LogP contribution in [0.15, 0.2) is 30.7 Å². The average molecular weight is 371 g/mol. The Bertz CT molecular complexity index is 819. The van der Waals surface area contributed by atoms with Gasteiger partial charge in [-0.05, 0) is 17.5 Å². The molecule has 3 rings (SSSR count). The first kappa shape index (κ1) is 19.0. The van der Waals surface area contributed by atoms with Crippen molar-refractivity contribution in [2.45, 2.75) is 26.3 Å². The number of carbonyl (C=O) groups is 1. The molecule has 0 spiro atoms. The molecule has 1 fully saturated rings. The van der Waals surface area contributed by atoms with Gasteiger partial charge < -0.3 is 15.2 Å². The Morgan fingerprint density at radius 3 is 2.67 bits per heavy atom. The van der Waals surface area contributed by atoms with Crippen LogP contribution in [-0.4, -0.2) is 57.8 Å². The lowest BCUT2D eigenvalue weighted by Gasteiger charge is -2.53. The maximum absolute atomic E-state index is 12.1. The number of carboxylic acid groups (broad SMARTS) is 1. The van der Waals surface area contributed by atoms with Gasteiger partial charge in [0.2, 0.25) is 5.88 Å². The first-order valence-corrected chi connectivity index (χ1v) is 8.84. The van der Waals surface area contributed by atoms with E-state index in [2.05, 4.69) is 20.3 Å². The summed E-state index contributed by atoms with van der Waals surface area (Å²) < 4.78 is 5.09. The van der Waals surface area contributed by atoms with Crippen molar-refractivity contribution < 1.29 is 14.6 Å². The first-order chi connectivity index (χ1) is 12.8. The lowest BCUT2D eigenvalue weighted by molar-refractivity contribution is -0.0209. The molecule has 0 aromatic carbocycles. The topological polar surface area (TPSA) is 100 Å². The Balaban J connectivity index is 2.23. The molecule has 144 valence electrons. The molecular weight excluding hydrogens is 346 g/mol. The minimum absolute atomic E-state index is 0.386. The van der Waals surface area contributed by atoms with Gasteiger partial charge in [-0.1, -0.05) is 20.8 Å². The number of ether oxygens (including phenoxy) is 1. The van der Waals surface area contributed by atoms with E-state index in [-0.39, 0.29) is 0 Å². The number of nitrogens with one attached hydrogen (secondary N) is 1. The van der Waals surface area contributed by atoms with E-state index in [0.29, 0.717) is 36.9 Å². The Hall–Kier alpha value is -2.74. The number of nitrogens with zero attached hydrogens (tertiary/aromatic N) is 4. The zero-order valence-electron chi connectivity index (χ0n) is 16.1. The zero-order chi connectivity index (χ0) is 19.7. The lowest BCUT2D eigenvalue weighted by atomic mass is 9.68. The van der Waals surface area contributed by atoms with Crippen molar-refractivity contribution in [3.05, 3.63) is 36.4 Å². The second kappa shape index (κ2) is 7.11. The van der Waals surface area contributed by atoms with Crippen LogP contribution in [0.3, 0.4) is 0 Å². The first-order valence-electron chi connectivity index (χ1n) is 8.84. The maximum atomic E-state index is 12.1. The summed E-state index contributed by atoms with van der Waals surface area (Å²) in [6.07, 6.45) is 3.91. The van der Waals surface area contributed by atoms with E-state index in [4.69, 9.17) is 4.74 Å². The van der Waals surface area contributed by atoms with Crippen molar-refractivity contribution in [2.24, 2.45) is 5.41 Å². The molecule has 1 aliphatic rings. The van der Waals surface area contributed by atoms with Crippen molar-refractivity contribution in [3.8, 4) is 17.1 Å². The number of piperazine rings is 1. The molecule has 1 unspecified atom stereocenters. The number of pyridine rings is 1. The highest BCUT2D eigenvalue weighted by Crippen LogP contribution is 2.47. The van der Waals surface area contributed by atoms with Gasteiger partial charge >= 0.3 is 6.09 Å². The highest BCUT2D eigenvalue weighted by Gasteiger charge is 2.53. The van der Waals surface area contributed by atoms with Crippen molar-refractivity contribution in [1.82, 2.24) is 25.2 Å². The van der Waals surface area contributed by atoms with Crippen LogP contribution >= 0.6 is 0 Å². The second-order valence-corrected chi connectivity index (χ2v) is 7.56. The van der Waals surface area contributed by atoms with Gasteiger partial charge in [-0.15, -0.1) is 0 Å². The van der Waals surface area contributed by atoms with E-state index in [1.54, 1.807) is 18.6 Å². The zero-order valence-corrected chi connectivity index (χ0v) is 16.1. The fourth-order valence-electron chi connectivity index (χ4n) is 3.74. The van der Waals surface area contributed by atoms with Crippen LogP contribution in [0, 0.1) is 5.41 Å². The van der Waals surface area contributed by atoms with E-state index in [9.17, 15) is 9.90 Å². The predicted molar refractivity (Wildman–Crippen MR) is 101 cm³/mol. The average Bonchev–Trinajstić information content (AvgIpc) is 2.67. The van der Waals surface area contributed by atoms with Crippen LogP contribution in [0.2, 0.25) is 0 Å². The highest BCUT2D eigenvalue weighted by molar-refractivity contribution is 5.70. The summed E-state index contributed by atoms with van der Waals surface area (Å²) in [5.74, 6) is 0.418. The molecule has 0 aliphatic carbocycles. The minimum Gasteiger partial charge on any atom is -0.480 e. The van der Waals surface area contributed by atoms with E-state index >= 15 is 0 Å². The predicted octanol–water partition coefficient (Wildman–Crippen LogP) is 2.37. The van der Waals surface area contributed by atoms with Gasteiger partial charge in [-0.25, -0.2) is 14.8 Å². The standard InChI is InChI=1S/C19H25N5O3/c1-18(2,3)19(12-20-8-9-24(19)17(25)26)16-13(6-5-7-21-16)14-10-23-15(27-4)11-22-14/h5-7,10-11,20H,8-9,12H2,1-4H3,(H,25,26). The molecule has 8 nitrogen and oxygen atoms in total. The number of hydrogen-bond acceptors (Lipinski definition) is 6. The van der Waals surface area contributed by atoms with Crippen molar-refractivity contribution in [2.75, 3.05) is 26.7 Å². The normalized spacial score (nSPS) is 20.4. The molecule has 3 heterocycles. The number of amides is 1. The van der Waals surface area contributed by atoms with Crippen molar-refractivity contribution in [1.29, 1.82) is 0 Å². The Labute approximate surface area is 158 Å². The van der Waals surface area contributed by atoms with Crippen LogP contribution in [0.5, 0.6) is 5.88 Å². The molecule has 27 heavy (non-hydrogen) atoms. The second-order valence-electron chi connectivity index (χ2n) is 7.56. The fourth-order valence-corrected chi connectivity index (χ4v) is 3.74. The summed E-state index contributed by atoms with van der Waals surface area (Å²) in [6.45, 7) is 7.57. The largest absolute Gasteiger partial charge is 0.480 e. The summed E-state index contributed by atoms with van der Waals surface area (Å²) in [5.41, 5.74) is 0.791. The van der Waals surface area contributed by atoms with Gasteiger partial charge in [0.15, 0.2) is 0 Å². The number of hydrogen-bond donors (Lipinski definition) is 2. The lowest BCUT2D eigenvalue weighted by Crippen LogP contribution is -2.66. The maximum Gasteiger partial charge on any atom is 0.408 e. The molecule has 1 saturated heterocycles. The number of aromatic nitrogens is 3. The SMILES string of the molecule is COc1cnc(-c2cccnc2C2(C(C)(C)C)CNCCN2C(=O)O)cn1. The van der Waals surface area contributed by atoms with E-state index in [1.807, 2.05) is 32.9 Å². The molecule has 0 saturated carbocycles. The Morgan fingerprint density at radius 1 is 1.30 bits per heavy atom. The molecule has 1 aliphatic heterocycles. The molecule has 1 atom stereocenters. The van der Waals surface area contributed by atoms with Gasteiger partial charge in [0, 0.05) is 31.4 Å². The van der Waals surface area contributed by atoms with Gasteiger partial charge in [-0.2, -0.15) is 0 Å². The Kier molecular flexibility index (Phi) is 5.01. The van der Waals surface area contributed by atoms with Crippen LogP contribution < -0.4 is 10.1 Å².